The number of nitrogens with one attached hydrogen (secondary N) is 2. The number of rotatable bonds is 9. The van der Waals surface area contributed by atoms with Crippen LogP contribution in [0, 0.1) is 0 Å². The molecule has 3 heterocycles. The lowest BCUT2D eigenvalue weighted by molar-refractivity contribution is -0.142. The molecule has 2 aromatic heterocycles. The number of carbonyl (C=O) groups is 1. The van der Waals surface area contributed by atoms with Gasteiger partial charge in [-0.05, 0) is 26.0 Å². The predicted molar refractivity (Wildman–Crippen MR) is 132 cm³/mol. The van der Waals surface area contributed by atoms with E-state index >= 15 is 4.39 Å². The fourth-order valence-electron chi connectivity index (χ4n) is 4.57. The quantitative estimate of drug-likeness (QED) is 0.222. The molecule has 1 saturated heterocycles. The topological polar surface area (TPSA) is 185 Å². The number of fused-ring (bicyclic) bond motifs is 2. The molecule has 38 heavy (non-hydrogen) atoms. The number of benzene rings is 1. The first-order valence-electron chi connectivity index (χ1n) is 11.6. The highest BCUT2D eigenvalue weighted by Gasteiger charge is 2.85. The van der Waals surface area contributed by atoms with Crippen molar-refractivity contribution in [1.82, 2.24) is 24.6 Å². The number of hydrogen-bond donors (Lipinski definition) is 4. The monoisotopic (exact) mass is 551 g/mol. The van der Waals surface area contributed by atoms with Gasteiger partial charge in [-0.1, -0.05) is 18.2 Å². The van der Waals surface area contributed by atoms with Crippen LogP contribution in [0.3, 0.4) is 0 Å². The number of methoxy groups -OCH3 is 1. The molecule has 0 radical (unpaired) electrons. The maximum absolute atomic E-state index is 16.3. The summed E-state index contributed by atoms with van der Waals surface area (Å²) < 4.78 is 53.1. The fourth-order valence-corrected chi connectivity index (χ4v) is 6.27. The lowest BCUT2D eigenvalue weighted by atomic mass is 9.97. The van der Waals surface area contributed by atoms with Gasteiger partial charge >= 0.3 is 13.7 Å². The third kappa shape index (κ3) is 4.07. The Morgan fingerprint density at radius 3 is 2.66 bits per heavy atom. The zero-order valence-corrected chi connectivity index (χ0v) is 21.8. The minimum absolute atomic E-state index is 0.0722. The highest BCUT2D eigenvalue weighted by molar-refractivity contribution is 7.52. The smallest absolute Gasteiger partial charge is 0.459 e. The van der Waals surface area contributed by atoms with E-state index < -0.39 is 49.5 Å². The SMILES string of the molecule is CNc1nc(N)nc2c1ncn2[C@@H]1O[C@@H]2C(O[P@@](=O)(N[C@@H](C)C(=O)OC)Oc3ccccc3)[C@]2(O)[C@@]1(C)F. The van der Waals surface area contributed by atoms with Gasteiger partial charge in [0.05, 0.1) is 13.4 Å². The summed E-state index contributed by atoms with van der Waals surface area (Å²) in [4.78, 5) is 24.4. The van der Waals surface area contributed by atoms with Crippen LogP contribution in [0.25, 0.3) is 11.2 Å². The zero-order chi connectivity index (χ0) is 27.5. The van der Waals surface area contributed by atoms with Crippen LogP contribution in [0.2, 0.25) is 0 Å². The molecule has 204 valence electrons. The Morgan fingerprint density at radius 1 is 1.34 bits per heavy atom. The molecule has 0 amide bonds. The molecule has 1 aliphatic heterocycles. The number of aliphatic hydroxyl groups is 1. The Hall–Kier alpha value is -3.36. The average molecular weight is 551 g/mol. The van der Waals surface area contributed by atoms with Gasteiger partial charge in [-0.15, -0.1) is 0 Å². The normalized spacial score (nSPS) is 30.3. The Labute approximate surface area is 216 Å². The molecule has 16 heteroatoms. The second kappa shape index (κ2) is 9.13. The first-order chi connectivity index (χ1) is 17.9. The lowest BCUT2D eigenvalue weighted by Crippen LogP contribution is -2.45. The number of alkyl halides is 1. The van der Waals surface area contributed by atoms with Gasteiger partial charge in [-0.3, -0.25) is 13.9 Å². The largest absolute Gasteiger partial charge is 0.468 e. The molecule has 2 fully saturated rings. The summed E-state index contributed by atoms with van der Waals surface area (Å²) in [6, 6.07) is 6.92. The average Bonchev–Trinajstić information content (AvgIpc) is 3.13. The van der Waals surface area contributed by atoms with Crippen LogP contribution < -0.4 is 20.7 Å². The van der Waals surface area contributed by atoms with Crippen molar-refractivity contribution in [2.75, 3.05) is 25.2 Å². The molecule has 0 spiro atoms. The van der Waals surface area contributed by atoms with E-state index in [2.05, 4.69) is 30.1 Å². The number of imidazole rings is 1. The minimum atomic E-state index is -4.37. The summed E-state index contributed by atoms with van der Waals surface area (Å²) in [5.74, 6) is -0.319. The number of nitrogens with two attached hydrogens (primary N) is 1. The Bertz CT molecular complexity index is 1420. The third-order valence-electron chi connectivity index (χ3n) is 6.61. The van der Waals surface area contributed by atoms with Crippen molar-refractivity contribution in [3.05, 3.63) is 36.7 Å². The molecule has 1 saturated carbocycles. The van der Waals surface area contributed by atoms with Crippen LogP contribution >= 0.6 is 7.75 Å². The van der Waals surface area contributed by atoms with E-state index in [1.165, 1.54) is 37.1 Å². The van der Waals surface area contributed by atoms with Gasteiger partial charge < -0.3 is 30.2 Å². The number of ether oxygens (including phenoxy) is 2. The van der Waals surface area contributed by atoms with Crippen LogP contribution in [0.15, 0.2) is 36.7 Å². The van der Waals surface area contributed by atoms with Gasteiger partial charge in [0.15, 0.2) is 34.5 Å². The molecule has 2 aliphatic rings. The van der Waals surface area contributed by atoms with Gasteiger partial charge in [0.1, 0.15) is 24.0 Å². The summed E-state index contributed by atoms with van der Waals surface area (Å²) >= 11 is 0. The molecule has 5 rings (SSSR count). The van der Waals surface area contributed by atoms with Crippen molar-refractivity contribution in [2.24, 2.45) is 0 Å². The van der Waals surface area contributed by atoms with E-state index in [-0.39, 0.29) is 17.3 Å². The zero-order valence-electron chi connectivity index (χ0n) is 20.9. The second-order valence-corrected chi connectivity index (χ2v) is 10.8. The lowest BCUT2D eigenvalue weighted by Gasteiger charge is -2.31. The molecule has 1 aromatic carbocycles. The van der Waals surface area contributed by atoms with Crippen molar-refractivity contribution in [3.8, 4) is 5.75 Å². The van der Waals surface area contributed by atoms with E-state index in [0.29, 0.717) is 11.3 Å². The fraction of sp³-hybridized carbons (Fsp3) is 0.455. The number of nitrogen functional groups attached to an aromatic ring is 1. The summed E-state index contributed by atoms with van der Waals surface area (Å²) in [5, 5.41) is 16.7. The van der Waals surface area contributed by atoms with E-state index in [1.807, 2.05) is 0 Å². The maximum Gasteiger partial charge on any atom is 0.459 e. The molecular formula is C22H27FN7O7P. The number of nitrogens with zero attached hydrogens (tertiary/aromatic N) is 4. The number of para-hydroxylation sites is 1. The van der Waals surface area contributed by atoms with Gasteiger partial charge in [-0.25, -0.2) is 13.9 Å². The van der Waals surface area contributed by atoms with Gasteiger partial charge in [0, 0.05) is 7.05 Å². The Morgan fingerprint density at radius 2 is 2.05 bits per heavy atom. The molecular weight excluding hydrogens is 524 g/mol. The van der Waals surface area contributed by atoms with Crippen molar-refractivity contribution in [2.45, 2.75) is 49.6 Å². The molecule has 3 aromatic rings. The minimum Gasteiger partial charge on any atom is -0.468 e. The second-order valence-electron chi connectivity index (χ2n) is 9.12. The number of hydrogen-bond acceptors (Lipinski definition) is 12. The van der Waals surface area contributed by atoms with Gasteiger partial charge in [0.25, 0.3) is 0 Å². The molecule has 14 nitrogen and oxygen atoms in total. The number of aromatic nitrogens is 4. The summed E-state index contributed by atoms with van der Waals surface area (Å²) in [5.41, 5.74) is 1.61. The first-order valence-corrected chi connectivity index (χ1v) is 13.1. The van der Waals surface area contributed by atoms with Gasteiger partial charge in [0.2, 0.25) is 5.95 Å². The van der Waals surface area contributed by atoms with Crippen LogP contribution in [0.5, 0.6) is 5.75 Å². The third-order valence-corrected chi connectivity index (χ3v) is 8.27. The summed E-state index contributed by atoms with van der Waals surface area (Å²) in [7, 11) is -1.58. The number of anilines is 2. The Kier molecular flexibility index (Phi) is 6.31. The van der Waals surface area contributed by atoms with Gasteiger partial charge in [-0.2, -0.15) is 15.1 Å². The summed E-state index contributed by atoms with van der Waals surface area (Å²) in [6.07, 6.45) is -2.71. The Balaban J connectivity index is 1.42. The maximum atomic E-state index is 16.3. The highest BCUT2D eigenvalue weighted by Crippen LogP contribution is 2.66. The molecule has 7 atom stereocenters. The van der Waals surface area contributed by atoms with E-state index in [4.69, 9.17) is 19.5 Å². The van der Waals surface area contributed by atoms with E-state index in [0.717, 1.165) is 6.92 Å². The van der Waals surface area contributed by atoms with Crippen molar-refractivity contribution < 1.29 is 37.4 Å². The highest BCUT2D eigenvalue weighted by atomic mass is 31.2. The molecule has 5 N–H and O–H groups in total. The molecule has 1 aliphatic carbocycles. The van der Waals surface area contributed by atoms with Crippen molar-refractivity contribution in [3.63, 3.8) is 0 Å². The number of esters is 1. The standard InChI is InChI=1S/C22H27FN7O7P/c1-11(18(31)34-4)29-38(33,36-12-8-6-5-7-9-12)37-15-14-22(15,32)21(2,23)19(35-14)30-10-26-13-16(25-3)27-20(24)28-17(13)30/h5-11,14-15,19,32H,1-4H3,(H,29,33)(H3,24,25,27,28)/t11-,14+,15?,19+,21-,22-,38+/m0/s1. The van der Waals surface area contributed by atoms with E-state index in [9.17, 15) is 14.5 Å². The number of halogens is 1. The van der Waals surface area contributed by atoms with Crippen LogP contribution in [0.4, 0.5) is 16.2 Å². The summed E-state index contributed by atoms with van der Waals surface area (Å²) in [6.45, 7) is 2.52. The van der Waals surface area contributed by atoms with Crippen LogP contribution in [-0.4, -0.2) is 74.3 Å². The van der Waals surface area contributed by atoms with Crippen molar-refractivity contribution in [1.29, 1.82) is 0 Å². The van der Waals surface area contributed by atoms with Crippen LogP contribution in [0.1, 0.15) is 20.1 Å². The number of carbonyl (C=O) groups excluding carboxylic acids is 1. The molecule has 0 bridgehead atoms. The first kappa shape index (κ1) is 26.3. The van der Waals surface area contributed by atoms with Crippen molar-refractivity contribution >= 4 is 36.6 Å². The molecule has 1 unspecified atom stereocenters. The van der Waals surface area contributed by atoms with E-state index in [1.54, 1.807) is 25.2 Å². The predicted octanol–water partition coefficient (Wildman–Crippen LogP) is 1.54. The van der Waals surface area contributed by atoms with Crippen LogP contribution in [-0.2, 0) is 23.4 Å².